The molecule has 0 aromatic carbocycles. The highest BCUT2D eigenvalue weighted by atomic mass is 32.2. The Morgan fingerprint density at radius 2 is 2.00 bits per heavy atom. The van der Waals surface area contributed by atoms with Crippen LogP contribution in [0.5, 0.6) is 0 Å². The first-order chi connectivity index (χ1) is 6.41. The van der Waals surface area contributed by atoms with Gasteiger partial charge in [0.2, 0.25) is 10.0 Å². The highest BCUT2D eigenvalue weighted by Gasteiger charge is 2.14. The largest absolute Gasteiger partial charge is 0.212 e. The lowest BCUT2D eigenvalue weighted by molar-refractivity contribution is 0.553. The van der Waals surface area contributed by atoms with Gasteiger partial charge in [-0.15, -0.1) is 6.42 Å². The van der Waals surface area contributed by atoms with E-state index in [1.54, 1.807) is 0 Å². The summed E-state index contributed by atoms with van der Waals surface area (Å²) in [5.74, 6) is 2.95. The second kappa shape index (κ2) is 6.05. The van der Waals surface area contributed by atoms with Crippen LogP contribution in [0, 0.1) is 18.3 Å². The van der Waals surface area contributed by atoms with Crippen LogP contribution in [-0.4, -0.2) is 20.2 Å². The first-order valence-electron chi connectivity index (χ1n) is 4.87. The zero-order valence-electron chi connectivity index (χ0n) is 9.08. The lowest BCUT2D eigenvalue weighted by Crippen LogP contribution is -2.35. The molecule has 0 saturated carbocycles. The van der Waals surface area contributed by atoms with Gasteiger partial charge in [-0.2, -0.15) is 0 Å². The van der Waals surface area contributed by atoms with Crippen molar-refractivity contribution in [3.63, 3.8) is 0 Å². The third-order valence-electron chi connectivity index (χ3n) is 1.90. The Morgan fingerprint density at radius 1 is 1.43 bits per heavy atom. The molecule has 0 heterocycles. The highest BCUT2D eigenvalue weighted by molar-refractivity contribution is 7.89. The Kier molecular flexibility index (Phi) is 5.82. The molecule has 0 rings (SSSR count). The Hall–Kier alpha value is -0.530. The standard InChI is InChI=1S/C10H19NO2S/c1-5-10(6-2)11-14(12,13)8-7-9(3)4/h1,9-11H,6-8H2,2-4H3. The number of sulfonamides is 1. The van der Waals surface area contributed by atoms with Crippen LogP contribution in [0.4, 0.5) is 0 Å². The maximum atomic E-state index is 11.5. The molecule has 0 aliphatic rings. The second-order valence-electron chi connectivity index (χ2n) is 3.75. The molecule has 3 nitrogen and oxygen atoms in total. The van der Waals surface area contributed by atoms with E-state index in [1.807, 2.05) is 20.8 Å². The van der Waals surface area contributed by atoms with E-state index >= 15 is 0 Å². The van der Waals surface area contributed by atoms with Crippen molar-refractivity contribution in [1.29, 1.82) is 0 Å². The van der Waals surface area contributed by atoms with Crippen molar-refractivity contribution in [3.05, 3.63) is 0 Å². The van der Waals surface area contributed by atoms with Crippen LogP contribution >= 0.6 is 0 Å². The molecule has 0 radical (unpaired) electrons. The molecule has 0 saturated heterocycles. The third kappa shape index (κ3) is 6.01. The smallest absolute Gasteiger partial charge is 0.212 e. The summed E-state index contributed by atoms with van der Waals surface area (Å²) >= 11 is 0. The van der Waals surface area contributed by atoms with E-state index in [9.17, 15) is 8.42 Å². The molecule has 82 valence electrons. The van der Waals surface area contributed by atoms with Crippen molar-refractivity contribution < 1.29 is 8.42 Å². The third-order valence-corrected chi connectivity index (χ3v) is 3.31. The summed E-state index contributed by atoms with van der Waals surface area (Å²) in [5, 5.41) is 0. The second-order valence-corrected chi connectivity index (χ2v) is 5.62. The average molecular weight is 217 g/mol. The summed E-state index contributed by atoms with van der Waals surface area (Å²) in [5.41, 5.74) is 0. The lowest BCUT2D eigenvalue weighted by Gasteiger charge is -2.12. The zero-order valence-corrected chi connectivity index (χ0v) is 9.89. The molecule has 0 aliphatic carbocycles. The number of terminal acetylenes is 1. The predicted octanol–water partition coefficient (Wildman–Crippen LogP) is 1.36. The summed E-state index contributed by atoms with van der Waals surface area (Å²) in [4.78, 5) is 0. The van der Waals surface area contributed by atoms with Gasteiger partial charge in [0.1, 0.15) is 0 Å². The van der Waals surface area contributed by atoms with Gasteiger partial charge in [-0.3, -0.25) is 0 Å². The molecule has 1 N–H and O–H groups in total. The van der Waals surface area contributed by atoms with Crippen molar-refractivity contribution in [3.8, 4) is 12.3 Å². The summed E-state index contributed by atoms with van der Waals surface area (Å²) < 4.78 is 25.4. The van der Waals surface area contributed by atoms with Crippen LogP contribution < -0.4 is 4.72 Å². The molecule has 0 fully saturated rings. The van der Waals surface area contributed by atoms with Gasteiger partial charge in [0.05, 0.1) is 11.8 Å². The molecule has 0 aliphatic heterocycles. The minimum Gasteiger partial charge on any atom is -0.212 e. The summed E-state index contributed by atoms with van der Waals surface area (Å²) in [6.45, 7) is 5.84. The molecular weight excluding hydrogens is 198 g/mol. The highest BCUT2D eigenvalue weighted by Crippen LogP contribution is 2.03. The first-order valence-corrected chi connectivity index (χ1v) is 6.52. The van der Waals surface area contributed by atoms with Crippen molar-refractivity contribution >= 4 is 10.0 Å². The quantitative estimate of drug-likeness (QED) is 0.683. The lowest BCUT2D eigenvalue weighted by atomic mass is 10.2. The van der Waals surface area contributed by atoms with Crippen LogP contribution in [-0.2, 0) is 10.0 Å². The van der Waals surface area contributed by atoms with E-state index in [0.29, 0.717) is 18.8 Å². The molecule has 14 heavy (non-hydrogen) atoms. The van der Waals surface area contributed by atoms with Crippen molar-refractivity contribution in [2.75, 3.05) is 5.75 Å². The molecule has 0 aromatic rings. The van der Waals surface area contributed by atoms with Crippen LogP contribution in [0.2, 0.25) is 0 Å². The van der Waals surface area contributed by atoms with E-state index in [1.165, 1.54) is 0 Å². The Labute approximate surface area is 87.3 Å². The monoisotopic (exact) mass is 217 g/mol. The van der Waals surface area contributed by atoms with E-state index in [2.05, 4.69) is 10.6 Å². The minimum atomic E-state index is -3.19. The van der Waals surface area contributed by atoms with E-state index < -0.39 is 10.0 Å². The minimum absolute atomic E-state index is 0.156. The number of rotatable bonds is 6. The van der Waals surface area contributed by atoms with Crippen LogP contribution in [0.1, 0.15) is 33.6 Å². The Bertz CT molecular complexity index is 288. The average Bonchev–Trinajstić information content (AvgIpc) is 2.11. The summed E-state index contributed by atoms with van der Waals surface area (Å²) in [6.07, 6.45) is 6.45. The summed E-state index contributed by atoms with van der Waals surface area (Å²) in [7, 11) is -3.19. The molecule has 0 amide bonds. The van der Waals surface area contributed by atoms with Crippen molar-refractivity contribution in [2.24, 2.45) is 5.92 Å². The fourth-order valence-electron chi connectivity index (χ4n) is 0.902. The van der Waals surface area contributed by atoms with Crippen LogP contribution in [0.25, 0.3) is 0 Å². The van der Waals surface area contributed by atoms with E-state index in [-0.39, 0.29) is 11.8 Å². The fraction of sp³-hybridized carbons (Fsp3) is 0.800. The number of nitrogens with one attached hydrogen (secondary N) is 1. The van der Waals surface area contributed by atoms with Crippen LogP contribution in [0.3, 0.4) is 0 Å². The van der Waals surface area contributed by atoms with Gasteiger partial charge >= 0.3 is 0 Å². The Morgan fingerprint density at radius 3 is 2.36 bits per heavy atom. The van der Waals surface area contributed by atoms with Gasteiger partial charge < -0.3 is 0 Å². The maximum absolute atomic E-state index is 11.5. The van der Waals surface area contributed by atoms with E-state index in [4.69, 9.17) is 6.42 Å². The topological polar surface area (TPSA) is 46.2 Å². The molecular formula is C10H19NO2S. The maximum Gasteiger partial charge on any atom is 0.212 e. The number of hydrogen-bond donors (Lipinski definition) is 1. The van der Waals surface area contributed by atoms with Gasteiger partial charge in [-0.05, 0) is 18.8 Å². The normalized spacial score (nSPS) is 13.9. The molecule has 4 heteroatoms. The van der Waals surface area contributed by atoms with Crippen molar-refractivity contribution in [1.82, 2.24) is 4.72 Å². The molecule has 0 spiro atoms. The Balaban J connectivity index is 4.15. The molecule has 1 atom stereocenters. The SMILES string of the molecule is C#CC(CC)NS(=O)(=O)CCC(C)C. The number of hydrogen-bond acceptors (Lipinski definition) is 2. The van der Waals surface area contributed by atoms with Crippen molar-refractivity contribution in [2.45, 2.75) is 39.7 Å². The fourth-order valence-corrected chi connectivity index (χ4v) is 2.47. The first kappa shape index (κ1) is 13.5. The van der Waals surface area contributed by atoms with E-state index in [0.717, 1.165) is 0 Å². The predicted molar refractivity (Wildman–Crippen MR) is 59.3 cm³/mol. The van der Waals surface area contributed by atoms with Gasteiger partial charge in [0.15, 0.2) is 0 Å². The van der Waals surface area contributed by atoms with Gasteiger partial charge in [0, 0.05) is 0 Å². The molecule has 0 aromatic heterocycles. The van der Waals surface area contributed by atoms with Gasteiger partial charge in [-0.25, -0.2) is 13.1 Å². The molecule has 0 bridgehead atoms. The molecule has 1 unspecified atom stereocenters. The van der Waals surface area contributed by atoms with Gasteiger partial charge in [-0.1, -0.05) is 26.7 Å². The van der Waals surface area contributed by atoms with Crippen LogP contribution in [0.15, 0.2) is 0 Å². The summed E-state index contributed by atoms with van der Waals surface area (Å²) in [6, 6.07) is -0.368. The zero-order chi connectivity index (χ0) is 11.2. The van der Waals surface area contributed by atoms with Gasteiger partial charge in [0.25, 0.3) is 0 Å².